The number of carbonyl (C=O) groups excluding carboxylic acids is 3. The van der Waals surface area contributed by atoms with Crippen LogP contribution in [0.1, 0.15) is 304 Å². The van der Waals surface area contributed by atoms with Crippen molar-refractivity contribution in [3.05, 3.63) is 0 Å². The Hall–Kier alpha value is -1.59. The molecule has 0 aliphatic carbocycles. The van der Waals surface area contributed by atoms with Crippen LogP contribution < -0.4 is 0 Å². The maximum Gasteiger partial charge on any atom is 0.306 e. The van der Waals surface area contributed by atoms with Gasteiger partial charge in [0, 0.05) is 19.3 Å². The van der Waals surface area contributed by atoms with E-state index in [1.165, 1.54) is 193 Å². The van der Waals surface area contributed by atoms with Crippen LogP contribution in [0.15, 0.2) is 0 Å². The number of carbonyl (C=O) groups is 3. The quantitative estimate of drug-likeness (QED) is 0.0344. The van der Waals surface area contributed by atoms with Crippen LogP contribution >= 0.6 is 0 Å². The molecular formula is C55H106O6. The highest BCUT2D eigenvalue weighted by Gasteiger charge is 2.19. The molecule has 61 heavy (non-hydrogen) atoms. The van der Waals surface area contributed by atoms with Gasteiger partial charge < -0.3 is 14.2 Å². The van der Waals surface area contributed by atoms with Gasteiger partial charge in [0.25, 0.3) is 0 Å². The maximum absolute atomic E-state index is 12.8. The molecule has 0 amide bonds. The van der Waals surface area contributed by atoms with Crippen LogP contribution in [0.25, 0.3) is 0 Å². The summed E-state index contributed by atoms with van der Waals surface area (Å²) >= 11 is 0. The smallest absolute Gasteiger partial charge is 0.306 e. The normalized spacial score (nSPS) is 12.5. The van der Waals surface area contributed by atoms with Gasteiger partial charge in [0.2, 0.25) is 0 Å². The Bertz CT molecular complexity index is 933. The van der Waals surface area contributed by atoms with Gasteiger partial charge in [-0.25, -0.2) is 0 Å². The summed E-state index contributed by atoms with van der Waals surface area (Å²) in [5, 5.41) is 0. The van der Waals surface area contributed by atoms with E-state index >= 15 is 0 Å². The van der Waals surface area contributed by atoms with Crippen molar-refractivity contribution in [3.8, 4) is 0 Å². The third kappa shape index (κ3) is 47.7. The van der Waals surface area contributed by atoms with E-state index in [0.29, 0.717) is 19.3 Å². The van der Waals surface area contributed by atoms with Crippen molar-refractivity contribution in [2.45, 2.75) is 310 Å². The fourth-order valence-corrected chi connectivity index (χ4v) is 8.31. The third-order valence-electron chi connectivity index (χ3n) is 12.8. The maximum atomic E-state index is 12.8. The van der Waals surface area contributed by atoms with Crippen molar-refractivity contribution in [2.24, 2.45) is 11.8 Å². The van der Waals surface area contributed by atoms with Crippen molar-refractivity contribution in [1.29, 1.82) is 0 Å². The minimum absolute atomic E-state index is 0.0638. The fraction of sp³-hybridized carbons (Fsp3) is 0.945. The van der Waals surface area contributed by atoms with E-state index in [1.54, 1.807) is 0 Å². The van der Waals surface area contributed by atoms with Crippen LogP contribution in [-0.2, 0) is 28.6 Å². The van der Waals surface area contributed by atoms with Gasteiger partial charge in [-0.3, -0.25) is 14.4 Å². The molecule has 0 fully saturated rings. The monoisotopic (exact) mass is 863 g/mol. The van der Waals surface area contributed by atoms with Crippen LogP contribution in [0, 0.1) is 11.8 Å². The zero-order valence-electron chi connectivity index (χ0n) is 41.8. The molecule has 0 aromatic heterocycles. The Morgan fingerprint density at radius 2 is 0.623 bits per heavy atom. The van der Waals surface area contributed by atoms with E-state index in [1.807, 2.05) is 0 Å². The van der Waals surface area contributed by atoms with Gasteiger partial charge in [-0.15, -0.1) is 0 Å². The lowest BCUT2D eigenvalue weighted by Crippen LogP contribution is -2.30. The highest BCUT2D eigenvalue weighted by Crippen LogP contribution is 2.18. The number of rotatable bonds is 49. The van der Waals surface area contributed by atoms with E-state index in [4.69, 9.17) is 14.2 Å². The van der Waals surface area contributed by atoms with E-state index in [9.17, 15) is 14.4 Å². The first-order chi connectivity index (χ1) is 29.8. The summed E-state index contributed by atoms with van der Waals surface area (Å²) < 4.78 is 16.8. The van der Waals surface area contributed by atoms with Crippen LogP contribution in [0.4, 0.5) is 0 Å². The zero-order valence-corrected chi connectivity index (χ0v) is 41.8. The van der Waals surface area contributed by atoms with Crippen molar-refractivity contribution in [1.82, 2.24) is 0 Å². The predicted octanol–water partition coefficient (Wildman–Crippen LogP) is 17.7. The molecule has 0 bridgehead atoms. The van der Waals surface area contributed by atoms with Crippen molar-refractivity contribution in [3.63, 3.8) is 0 Å². The van der Waals surface area contributed by atoms with Gasteiger partial charge in [0.15, 0.2) is 6.10 Å². The van der Waals surface area contributed by atoms with Gasteiger partial charge in [-0.05, 0) is 31.1 Å². The molecule has 1 unspecified atom stereocenters. The second-order valence-corrected chi connectivity index (χ2v) is 19.6. The van der Waals surface area contributed by atoms with Crippen molar-refractivity contribution >= 4 is 17.9 Å². The lowest BCUT2D eigenvalue weighted by molar-refractivity contribution is -0.167. The molecule has 0 aliphatic heterocycles. The van der Waals surface area contributed by atoms with Gasteiger partial charge in [0.05, 0.1) is 0 Å². The van der Waals surface area contributed by atoms with Gasteiger partial charge in [-0.2, -0.15) is 0 Å². The molecule has 6 heteroatoms. The summed E-state index contributed by atoms with van der Waals surface area (Å²) in [5.74, 6) is 0.819. The molecule has 0 heterocycles. The molecular weight excluding hydrogens is 757 g/mol. The Morgan fingerprint density at radius 3 is 0.934 bits per heavy atom. The standard InChI is InChI=1S/C55H106O6/c1-6-8-9-10-11-12-13-14-20-23-26-29-35-40-45-53(56)59-48-52(49-60-54(57)46-41-36-32-31-34-39-44-51(5)7-2)61-55(58)47-42-37-30-27-24-21-18-16-15-17-19-22-25-28-33-38-43-50(3)4/h50-52H,6-49H2,1-5H3/t51?,52-/m0/s1. The molecule has 362 valence electrons. The van der Waals surface area contributed by atoms with E-state index in [2.05, 4.69) is 34.6 Å². The second kappa shape index (κ2) is 47.9. The summed E-state index contributed by atoms with van der Waals surface area (Å²) in [7, 11) is 0. The van der Waals surface area contributed by atoms with Crippen molar-refractivity contribution < 1.29 is 28.6 Å². The zero-order chi connectivity index (χ0) is 44.7. The van der Waals surface area contributed by atoms with Gasteiger partial charge in [0.1, 0.15) is 13.2 Å². The molecule has 0 N–H and O–H groups in total. The molecule has 0 saturated carbocycles. The summed E-state index contributed by atoms with van der Waals surface area (Å²) in [4.78, 5) is 38.0. The highest BCUT2D eigenvalue weighted by atomic mass is 16.6. The first-order valence-corrected chi connectivity index (χ1v) is 27.3. The van der Waals surface area contributed by atoms with Gasteiger partial charge in [-0.1, -0.05) is 266 Å². The summed E-state index contributed by atoms with van der Waals surface area (Å²) in [6.45, 7) is 11.4. The van der Waals surface area contributed by atoms with Crippen LogP contribution in [0.3, 0.4) is 0 Å². The Morgan fingerprint density at radius 1 is 0.344 bits per heavy atom. The second-order valence-electron chi connectivity index (χ2n) is 19.6. The molecule has 0 saturated heterocycles. The molecule has 0 spiro atoms. The fourth-order valence-electron chi connectivity index (χ4n) is 8.31. The van der Waals surface area contributed by atoms with Gasteiger partial charge >= 0.3 is 17.9 Å². The predicted molar refractivity (Wildman–Crippen MR) is 261 cm³/mol. The number of esters is 3. The highest BCUT2D eigenvalue weighted by molar-refractivity contribution is 5.71. The van der Waals surface area contributed by atoms with Crippen LogP contribution in [-0.4, -0.2) is 37.2 Å². The first kappa shape index (κ1) is 59.4. The minimum Gasteiger partial charge on any atom is -0.462 e. The lowest BCUT2D eigenvalue weighted by atomic mass is 10.00. The number of unbranched alkanes of at least 4 members (excludes halogenated alkanes) is 33. The summed E-state index contributed by atoms with van der Waals surface area (Å²) in [6, 6.07) is 0. The SMILES string of the molecule is CCCCCCCCCCCCCCCCC(=O)OC[C@@H](COC(=O)CCCCCCCCC(C)CC)OC(=O)CCCCCCCCCCCCCCCCCCC(C)C. The largest absolute Gasteiger partial charge is 0.462 e. The van der Waals surface area contributed by atoms with Crippen LogP contribution in [0.5, 0.6) is 0 Å². The molecule has 0 radical (unpaired) electrons. The first-order valence-electron chi connectivity index (χ1n) is 27.3. The molecule has 0 aliphatic rings. The Kier molecular flexibility index (Phi) is 46.6. The Balaban J connectivity index is 4.26. The minimum atomic E-state index is -0.762. The molecule has 0 aromatic rings. The number of hydrogen-bond donors (Lipinski definition) is 0. The molecule has 0 aromatic carbocycles. The topological polar surface area (TPSA) is 78.9 Å². The lowest BCUT2D eigenvalue weighted by Gasteiger charge is -2.18. The van der Waals surface area contributed by atoms with Crippen LogP contribution in [0.2, 0.25) is 0 Å². The van der Waals surface area contributed by atoms with E-state index < -0.39 is 6.10 Å². The number of hydrogen-bond acceptors (Lipinski definition) is 6. The van der Waals surface area contributed by atoms with E-state index in [0.717, 1.165) is 69.6 Å². The molecule has 0 rings (SSSR count). The average molecular weight is 863 g/mol. The average Bonchev–Trinajstić information content (AvgIpc) is 3.24. The third-order valence-corrected chi connectivity index (χ3v) is 12.8. The summed E-state index contributed by atoms with van der Waals surface area (Å²) in [6.07, 6.45) is 49.5. The molecule has 2 atom stereocenters. The molecule has 6 nitrogen and oxygen atoms in total. The summed E-state index contributed by atoms with van der Waals surface area (Å²) in [5.41, 5.74) is 0. The van der Waals surface area contributed by atoms with E-state index in [-0.39, 0.29) is 31.1 Å². The Labute approximate surface area is 380 Å². The van der Waals surface area contributed by atoms with Crippen molar-refractivity contribution in [2.75, 3.05) is 13.2 Å². The number of ether oxygens (including phenoxy) is 3.